The number of fused-ring (bicyclic) bond motifs is 1. The van der Waals surface area contributed by atoms with E-state index in [4.69, 9.17) is 4.74 Å². The number of hydrogen-bond donors (Lipinski definition) is 0. The second kappa shape index (κ2) is 3.74. The van der Waals surface area contributed by atoms with Crippen molar-refractivity contribution >= 4 is 33.3 Å². The molecule has 0 aliphatic carbocycles. The van der Waals surface area contributed by atoms with Crippen molar-refractivity contribution in [2.45, 2.75) is 4.34 Å². The lowest BCUT2D eigenvalue weighted by Gasteiger charge is -1.99. The molecule has 1 heterocycles. The van der Waals surface area contributed by atoms with Crippen LogP contribution in [0.5, 0.6) is 5.75 Å². The van der Waals surface area contributed by atoms with Gasteiger partial charge in [0, 0.05) is 6.07 Å². The highest BCUT2D eigenvalue weighted by atomic mass is 32.2. The van der Waals surface area contributed by atoms with Gasteiger partial charge in [-0.05, 0) is 12.3 Å². The molecule has 2 rings (SSSR count). The summed E-state index contributed by atoms with van der Waals surface area (Å²) < 4.78 is 19.9. The zero-order valence-electron chi connectivity index (χ0n) is 7.70. The third-order valence-electron chi connectivity index (χ3n) is 1.80. The van der Waals surface area contributed by atoms with Crippen LogP contribution in [0, 0.1) is 5.82 Å². The number of aromatic nitrogens is 1. The Balaban J connectivity index is 2.71. The van der Waals surface area contributed by atoms with E-state index in [1.165, 1.54) is 30.6 Å². The van der Waals surface area contributed by atoms with Gasteiger partial charge in [0.15, 0.2) is 4.34 Å². The van der Waals surface area contributed by atoms with Crippen LogP contribution in [-0.2, 0) is 0 Å². The molecule has 0 unspecified atom stereocenters. The fraction of sp³-hybridized carbons (Fsp3) is 0.222. The monoisotopic (exact) mass is 229 g/mol. The van der Waals surface area contributed by atoms with E-state index in [0.717, 1.165) is 14.6 Å². The maximum absolute atomic E-state index is 13.1. The van der Waals surface area contributed by atoms with Gasteiger partial charge in [-0.2, -0.15) is 0 Å². The van der Waals surface area contributed by atoms with Crippen molar-refractivity contribution < 1.29 is 9.13 Å². The molecule has 0 aliphatic heterocycles. The molecule has 0 amide bonds. The predicted molar refractivity (Wildman–Crippen MR) is 57.9 cm³/mol. The Labute approximate surface area is 89.1 Å². The van der Waals surface area contributed by atoms with Crippen molar-refractivity contribution in [2.75, 3.05) is 13.4 Å². The van der Waals surface area contributed by atoms with E-state index in [1.54, 1.807) is 11.8 Å². The highest BCUT2D eigenvalue weighted by Crippen LogP contribution is 2.34. The maximum atomic E-state index is 13.1. The van der Waals surface area contributed by atoms with Gasteiger partial charge in [0.1, 0.15) is 17.1 Å². The second-order valence-corrected chi connectivity index (χ2v) is 4.72. The molecule has 0 spiro atoms. The van der Waals surface area contributed by atoms with Crippen LogP contribution >= 0.6 is 23.1 Å². The number of thiazole rings is 1. The van der Waals surface area contributed by atoms with Crippen molar-refractivity contribution in [2.24, 2.45) is 0 Å². The van der Waals surface area contributed by atoms with Gasteiger partial charge < -0.3 is 4.74 Å². The van der Waals surface area contributed by atoms with Gasteiger partial charge in [0.25, 0.3) is 0 Å². The third-order valence-corrected chi connectivity index (χ3v) is 3.79. The second-order valence-electron chi connectivity index (χ2n) is 2.64. The summed E-state index contributed by atoms with van der Waals surface area (Å²) in [6.07, 6.45) is 1.94. The number of ether oxygens (including phenoxy) is 1. The van der Waals surface area contributed by atoms with Gasteiger partial charge >= 0.3 is 0 Å². The van der Waals surface area contributed by atoms with Crippen molar-refractivity contribution in [3.63, 3.8) is 0 Å². The molecule has 0 saturated heterocycles. The first-order valence-electron chi connectivity index (χ1n) is 3.92. The molecule has 74 valence electrons. The van der Waals surface area contributed by atoms with Crippen LogP contribution in [0.4, 0.5) is 4.39 Å². The molecule has 5 heteroatoms. The van der Waals surface area contributed by atoms with E-state index >= 15 is 0 Å². The number of halogens is 1. The molecule has 1 aromatic heterocycles. The Kier molecular flexibility index (Phi) is 2.60. The number of methoxy groups -OCH3 is 1. The highest BCUT2D eigenvalue weighted by molar-refractivity contribution is 8.00. The van der Waals surface area contributed by atoms with Crippen molar-refractivity contribution in [1.29, 1.82) is 0 Å². The maximum Gasteiger partial charge on any atom is 0.151 e. The van der Waals surface area contributed by atoms with Crippen LogP contribution < -0.4 is 4.74 Å². The summed E-state index contributed by atoms with van der Waals surface area (Å²) in [4.78, 5) is 4.33. The molecule has 0 saturated carbocycles. The van der Waals surface area contributed by atoms with E-state index in [9.17, 15) is 4.39 Å². The summed E-state index contributed by atoms with van der Waals surface area (Å²) in [6, 6.07) is 2.83. The molecule has 0 N–H and O–H groups in total. The van der Waals surface area contributed by atoms with Crippen LogP contribution in [0.25, 0.3) is 10.2 Å². The average molecular weight is 229 g/mol. The molecular formula is C9H8FNOS2. The zero-order chi connectivity index (χ0) is 10.1. The summed E-state index contributed by atoms with van der Waals surface area (Å²) in [5.74, 6) is 0.210. The first kappa shape index (κ1) is 9.73. The molecule has 0 aliphatic rings. The highest BCUT2D eigenvalue weighted by Gasteiger charge is 2.10. The lowest BCUT2D eigenvalue weighted by atomic mass is 10.3. The Morgan fingerprint density at radius 3 is 2.93 bits per heavy atom. The molecule has 0 radical (unpaired) electrons. The van der Waals surface area contributed by atoms with Gasteiger partial charge in [-0.15, -0.1) is 11.3 Å². The Hall–Kier alpha value is -0.810. The zero-order valence-corrected chi connectivity index (χ0v) is 9.34. The number of thioether (sulfide) groups is 1. The minimum Gasteiger partial charge on any atom is -0.494 e. The first-order valence-corrected chi connectivity index (χ1v) is 5.97. The number of nitrogens with zero attached hydrogens (tertiary/aromatic N) is 1. The van der Waals surface area contributed by atoms with Crippen LogP contribution in [0.3, 0.4) is 0 Å². The summed E-state index contributed by atoms with van der Waals surface area (Å²) in [7, 11) is 1.52. The number of benzene rings is 1. The molecule has 2 nitrogen and oxygen atoms in total. The smallest absolute Gasteiger partial charge is 0.151 e. The van der Waals surface area contributed by atoms with Crippen LogP contribution in [0.2, 0.25) is 0 Å². The van der Waals surface area contributed by atoms with E-state index in [0.29, 0.717) is 5.75 Å². The molecule has 0 fully saturated rings. The van der Waals surface area contributed by atoms with Crippen LogP contribution in [-0.4, -0.2) is 18.3 Å². The first-order chi connectivity index (χ1) is 6.74. The normalized spacial score (nSPS) is 10.8. The predicted octanol–water partition coefficient (Wildman–Crippen LogP) is 3.17. The van der Waals surface area contributed by atoms with Crippen molar-refractivity contribution in [3.05, 3.63) is 17.9 Å². The van der Waals surface area contributed by atoms with Gasteiger partial charge in [-0.3, -0.25) is 0 Å². The summed E-state index contributed by atoms with van der Waals surface area (Å²) in [6.45, 7) is 0. The molecular weight excluding hydrogens is 221 g/mol. The topological polar surface area (TPSA) is 22.1 Å². The largest absolute Gasteiger partial charge is 0.494 e. The quantitative estimate of drug-likeness (QED) is 0.738. The molecule has 0 atom stereocenters. The Morgan fingerprint density at radius 2 is 2.29 bits per heavy atom. The summed E-state index contributed by atoms with van der Waals surface area (Å²) >= 11 is 3.02. The SMILES string of the molecule is COc1cc(F)cc2sc(SC)nc12. The summed E-state index contributed by atoms with van der Waals surface area (Å²) in [5.41, 5.74) is 0.739. The number of hydrogen-bond acceptors (Lipinski definition) is 4. The van der Waals surface area contributed by atoms with Crippen LogP contribution in [0.15, 0.2) is 16.5 Å². The average Bonchev–Trinajstić information content (AvgIpc) is 2.59. The van der Waals surface area contributed by atoms with Gasteiger partial charge in [-0.25, -0.2) is 9.37 Å². The lowest BCUT2D eigenvalue weighted by molar-refractivity contribution is 0.415. The minimum absolute atomic E-state index is 0.286. The molecule has 1 aromatic carbocycles. The lowest BCUT2D eigenvalue weighted by Crippen LogP contribution is -1.85. The van der Waals surface area contributed by atoms with Gasteiger partial charge in [-0.1, -0.05) is 11.8 Å². The van der Waals surface area contributed by atoms with Crippen molar-refractivity contribution in [3.8, 4) is 5.75 Å². The number of rotatable bonds is 2. The Bertz CT molecular complexity index is 469. The summed E-state index contributed by atoms with van der Waals surface area (Å²) in [5, 5.41) is 0. The Morgan fingerprint density at radius 1 is 1.50 bits per heavy atom. The van der Waals surface area contributed by atoms with E-state index in [1.807, 2.05) is 6.26 Å². The fourth-order valence-electron chi connectivity index (χ4n) is 1.19. The standard InChI is InChI=1S/C9H8FNOS2/c1-12-6-3-5(10)4-7-8(6)11-9(13-2)14-7/h3-4H,1-2H3. The van der Waals surface area contributed by atoms with Crippen molar-refractivity contribution in [1.82, 2.24) is 4.98 Å². The van der Waals surface area contributed by atoms with E-state index in [-0.39, 0.29) is 5.82 Å². The molecule has 2 aromatic rings. The van der Waals surface area contributed by atoms with Gasteiger partial charge in [0.05, 0.1) is 11.8 Å². The van der Waals surface area contributed by atoms with Crippen LogP contribution in [0.1, 0.15) is 0 Å². The molecule has 0 bridgehead atoms. The third kappa shape index (κ3) is 1.57. The minimum atomic E-state index is -0.286. The fourth-order valence-corrected chi connectivity index (χ4v) is 2.71. The van der Waals surface area contributed by atoms with Gasteiger partial charge in [0.2, 0.25) is 0 Å². The van der Waals surface area contributed by atoms with E-state index in [2.05, 4.69) is 4.98 Å². The van der Waals surface area contributed by atoms with E-state index < -0.39 is 0 Å². The molecule has 14 heavy (non-hydrogen) atoms.